The summed E-state index contributed by atoms with van der Waals surface area (Å²) in [6, 6.07) is -1.93. The van der Waals surface area contributed by atoms with Gasteiger partial charge in [0, 0.05) is 6.04 Å². The number of rotatable bonds is 11. The van der Waals surface area contributed by atoms with Crippen LogP contribution in [0.15, 0.2) is 0 Å². The minimum atomic E-state index is -1.13. The van der Waals surface area contributed by atoms with Crippen LogP contribution < -0.4 is 16.0 Å². The molecule has 1 heterocycles. The lowest BCUT2D eigenvalue weighted by molar-refractivity contribution is -0.193. The summed E-state index contributed by atoms with van der Waals surface area (Å²) < 4.78 is 5.02. The lowest BCUT2D eigenvalue weighted by Crippen LogP contribution is -2.58. The van der Waals surface area contributed by atoms with Crippen molar-refractivity contribution in [3.05, 3.63) is 0 Å². The fourth-order valence-corrected chi connectivity index (χ4v) is 3.00. The largest absolute Gasteiger partial charge is 0.480 e. The van der Waals surface area contributed by atoms with Crippen molar-refractivity contribution in [2.45, 2.75) is 71.7 Å². The maximum atomic E-state index is 12.5. The Kier molecular flexibility index (Phi) is 8.87. The first-order chi connectivity index (χ1) is 13.0. The molecule has 2 amide bonds. The first-order valence-electron chi connectivity index (χ1n) is 9.74. The molecule has 0 aliphatic carbocycles. The number of carbonyl (C=O) groups excluding carboxylic acids is 3. The van der Waals surface area contributed by atoms with E-state index in [0.29, 0.717) is 0 Å². The Morgan fingerprint density at radius 2 is 1.75 bits per heavy atom. The van der Waals surface area contributed by atoms with Crippen LogP contribution in [0.25, 0.3) is 0 Å². The van der Waals surface area contributed by atoms with E-state index in [1.807, 2.05) is 13.8 Å². The second-order valence-corrected chi connectivity index (χ2v) is 7.69. The third kappa shape index (κ3) is 5.92. The summed E-state index contributed by atoms with van der Waals surface area (Å²) in [4.78, 5) is 47.6. The predicted octanol–water partition coefficient (Wildman–Crippen LogP) is 0.282. The number of hydrogen-bond acceptors (Lipinski definition) is 6. The van der Waals surface area contributed by atoms with E-state index >= 15 is 0 Å². The molecular weight excluding hydrogens is 366 g/mol. The molecule has 0 unspecified atom stereocenters. The van der Waals surface area contributed by atoms with Crippen LogP contribution in [0.5, 0.6) is 0 Å². The van der Waals surface area contributed by atoms with E-state index in [1.165, 1.54) is 0 Å². The maximum absolute atomic E-state index is 12.5. The molecule has 9 heteroatoms. The molecule has 0 radical (unpaired) electrons. The second kappa shape index (κ2) is 10.4. The van der Waals surface area contributed by atoms with Crippen LogP contribution in [0.2, 0.25) is 0 Å². The van der Waals surface area contributed by atoms with Gasteiger partial charge in [0.05, 0.1) is 6.04 Å². The van der Waals surface area contributed by atoms with Gasteiger partial charge in [-0.25, -0.2) is 4.79 Å². The predicted molar refractivity (Wildman–Crippen MR) is 102 cm³/mol. The highest BCUT2D eigenvalue weighted by Crippen LogP contribution is 2.31. The number of carboxylic acid groups (broad SMARTS) is 1. The average molecular weight is 399 g/mol. The monoisotopic (exact) mass is 399 g/mol. The van der Waals surface area contributed by atoms with E-state index in [0.717, 1.165) is 6.42 Å². The molecule has 0 bridgehead atoms. The van der Waals surface area contributed by atoms with Crippen LogP contribution in [0.3, 0.4) is 0 Å². The van der Waals surface area contributed by atoms with Gasteiger partial charge in [-0.3, -0.25) is 14.4 Å². The summed E-state index contributed by atoms with van der Waals surface area (Å²) in [6.07, 6.45) is 0.113. The van der Waals surface area contributed by atoms with Crippen LogP contribution in [0.4, 0.5) is 0 Å². The van der Waals surface area contributed by atoms with Crippen molar-refractivity contribution in [2.75, 3.05) is 7.05 Å². The standard InChI is InChI=1S/C19H33N3O6/c1-7-9(2)14-15(28-19(14)27)17(24)21-11(4)10(3)8-13(18(25)26)22-16(23)12(5)20-6/h9-15,20H,7-8H2,1-6H3,(H,21,24)(H,22,23)(H,25,26)/t9-,10+,11-,12-,13-,14-,15+/m0/s1. The maximum Gasteiger partial charge on any atom is 0.326 e. The molecule has 0 aromatic heterocycles. The van der Waals surface area contributed by atoms with Gasteiger partial charge in [-0.2, -0.15) is 0 Å². The summed E-state index contributed by atoms with van der Waals surface area (Å²) in [5.74, 6) is -2.89. The van der Waals surface area contributed by atoms with Crippen LogP contribution in [0, 0.1) is 17.8 Å². The molecule has 0 aromatic rings. The van der Waals surface area contributed by atoms with Crippen LogP contribution in [0.1, 0.15) is 47.5 Å². The molecule has 1 saturated heterocycles. The minimum Gasteiger partial charge on any atom is -0.480 e. The number of carboxylic acids is 1. The first kappa shape index (κ1) is 23.9. The zero-order chi connectivity index (χ0) is 21.6. The number of cyclic esters (lactones) is 1. The highest BCUT2D eigenvalue weighted by Gasteiger charge is 2.49. The number of aliphatic carboxylic acids is 1. The quantitative estimate of drug-likeness (QED) is 0.367. The lowest BCUT2D eigenvalue weighted by Gasteiger charge is -2.38. The van der Waals surface area contributed by atoms with Crippen LogP contribution in [-0.2, 0) is 23.9 Å². The SMILES string of the molecule is CC[C@H](C)[C@@H]1C(=O)O[C@H]1C(=O)N[C@@H](C)[C@H](C)C[C@H](NC(=O)[C@H](C)NC)C(=O)O. The number of amides is 2. The molecule has 1 aliphatic heterocycles. The fourth-order valence-electron chi connectivity index (χ4n) is 3.00. The topological polar surface area (TPSA) is 134 Å². The van der Waals surface area contributed by atoms with E-state index in [4.69, 9.17) is 4.74 Å². The van der Waals surface area contributed by atoms with Gasteiger partial charge >= 0.3 is 11.9 Å². The minimum absolute atomic E-state index is 0.0468. The lowest BCUT2D eigenvalue weighted by atomic mass is 9.82. The number of ether oxygens (including phenoxy) is 1. The van der Waals surface area contributed by atoms with Gasteiger partial charge in [-0.1, -0.05) is 27.2 Å². The van der Waals surface area contributed by atoms with Crippen molar-refractivity contribution in [2.24, 2.45) is 17.8 Å². The number of hydrogen-bond donors (Lipinski definition) is 4. The summed E-state index contributed by atoms with van der Waals surface area (Å²) in [7, 11) is 1.61. The van der Waals surface area contributed by atoms with Crippen LogP contribution in [-0.4, -0.2) is 60.1 Å². The Balaban J connectivity index is 2.64. The van der Waals surface area contributed by atoms with Gasteiger partial charge in [-0.05, 0) is 39.2 Å². The van der Waals surface area contributed by atoms with Crippen molar-refractivity contribution < 1.29 is 29.0 Å². The smallest absolute Gasteiger partial charge is 0.326 e. The van der Waals surface area contributed by atoms with Gasteiger partial charge in [-0.15, -0.1) is 0 Å². The Morgan fingerprint density at radius 1 is 1.14 bits per heavy atom. The number of esters is 1. The van der Waals surface area contributed by atoms with Crippen molar-refractivity contribution in [3.63, 3.8) is 0 Å². The molecule has 1 aliphatic rings. The molecule has 160 valence electrons. The van der Waals surface area contributed by atoms with E-state index in [9.17, 15) is 24.3 Å². The Labute approximate surface area is 166 Å². The molecule has 28 heavy (non-hydrogen) atoms. The normalized spacial score (nSPS) is 24.0. The fraction of sp³-hybridized carbons (Fsp3) is 0.789. The first-order valence-corrected chi connectivity index (χ1v) is 9.74. The summed E-state index contributed by atoms with van der Waals surface area (Å²) in [6.45, 7) is 9.05. The molecule has 1 rings (SSSR count). The molecule has 7 atom stereocenters. The highest BCUT2D eigenvalue weighted by molar-refractivity contribution is 5.94. The van der Waals surface area contributed by atoms with Crippen molar-refractivity contribution in [1.82, 2.24) is 16.0 Å². The van der Waals surface area contributed by atoms with E-state index in [2.05, 4.69) is 16.0 Å². The zero-order valence-electron chi connectivity index (χ0n) is 17.4. The van der Waals surface area contributed by atoms with Gasteiger partial charge in [0.1, 0.15) is 12.0 Å². The van der Waals surface area contributed by atoms with Gasteiger partial charge < -0.3 is 25.8 Å². The van der Waals surface area contributed by atoms with Crippen molar-refractivity contribution in [3.8, 4) is 0 Å². The second-order valence-electron chi connectivity index (χ2n) is 7.69. The number of nitrogens with one attached hydrogen (secondary N) is 3. The summed E-state index contributed by atoms with van der Waals surface area (Å²) in [5.41, 5.74) is 0. The highest BCUT2D eigenvalue weighted by atomic mass is 16.6. The van der Waals surface area contributed by atoms with Crippen LogP contribution >= 0.6 is 0 Å². The molecular formula is C19H33N3O6. The van der Waals surface area contributed by atoms with Crippen molar-refractivity contribution >= 4 is 23.8 Å². The molecule has 0 aromatic carbocycles. The third-order valence-electron chi connectivity index (χ3n) is 5.63. The van der Waals surface area contributed by atoms with Crippen molar-refractivity contribution in [1.29, 1.82) is 0 Å². The molecule has 0 saturated carbocycles. The van der Waals surface area contributed by atoms with Gasteiger partial charge in [0.15, 0.2) is 6.10 Å². The zero-order valence-corrected chi connectivity index (χ0v) is 17.4. The summed E-state index contributed by atoms with van der Waals surface area (Å²) >= 11 is 0. The number of carbonyl (C=O) groups is 4. The third-order valence-corrected chi connectivity index (χ3v) is 5.63. The van der Waals surface area contributed by atoms with E-state index in [1.54, 1.807) is 27.8 Å². The molecule has 4 N–H and O–H groups in total. The Morgan fingerprint density at radius 3 is 2.21 bits per heavy atom. The van der Waals surface area contributed by atoms with Gasteiger partial charge in [0.25, 0.3) is 5.91 Å². The Hall–Kier alpha value is -2.16. The number of likely N-dealkylation sites (N-methyl/N-ethyl adjacent to an activating group) is 1. The average Bonchev–Trinajstić information content (AvgIpc) is 2.63. The molecule has 9 nitrogen and oxygen atoms in total. The van der Waals surface area contributed by atoms with Gasteiger partial charge in [0.2, 0.25) is 5.91 Å². The van der Waals surface area contributed by atoms with E-state index < -0.39 is 36.0 Å². The van der Waals surface area contributed by atoms with E-state index in [-0.39, 0.29) is 36.2 Å². The Bertz CT molecular complexity index is 596. The molecule has 1 fully saturated rings. The molecule has 0 spiro atoms. The summed E-state index contributed by atoms with van der Waals surface area (Å²) in [5, 5.41) is 17.5.